The average molecular weight is 361 g/mol. The minimum Gasteiger partial charge on any atom is -0.506 e. The number of carbonyl (C=O) groups excluding carboxylic acids is 1. The summed E-state index contributed by atoms with van der Waals surface area (Å²) in [5.74, 6) is 2.09. The van der Waals surface area contributed by atoms with Gasteiger partial charge in [0.25, 0.3) is 5.91 Å². The molecule has 1 heterocycles. The third kappa shape index (κ3) is 2.03. The van der Waals surface area contributed by atoms with Gasteiger partial charge >= 0.3 is 0 Å². The lowest BCUT2D eigenvalue weighted by Gasteiger charge is -2.66. The van der Waals surface area contributed by atoms with Crippen molar-refractivity contribution in [2.24, 2.45) is 17.8 Å². The van der Waals surface area contributed by atoms with Crippen LogP contribution < -0.4 is 5.01 Å². The zero-order valence-corrected chi connectivity index (χ0v) is 15.5. The van der Waals surface area contributed by atoms with Crippen LogP contribution in [0.3, 0.4) is 0 Å². The van der Waals surface area contributed by atoms with Gasteiger partial charge in [-0.1, -0.05) is 12.1 Å². The number of halogens is 1. The van der Waals surface area contributed by atoms with Crippen molar-refractivity contribution in [3.8, 4) is 5.75 Å². The van der Waals surface area contributed by atoms with Crippen molar-refractivity contribution in [3.63, 3.8) is 0 Å². The van der Waals surface area contributed by atoms with Gasteiger partial charge in [-0.2, -0.15) is 0 Å². The summed E-state index contributed by atoms with van der Waals surface area (Å²) in [7, 11) is 0. The molecule has 4 saturated carbocycles. The normalized spacial score (nSPS) is 41.2. The van der Waals surface area contributed by atoms with Gasteiger partial charge in [0, 0.05) is 4.87 Å². The summed E-state index contributed by atoms with van der Waals surface area (Å²) in [6, 6.07) is 7.55. The lowest BCUT2D eigenvalue weighted by Crippen LogP contribution is -2.80. The van der Waals surface area contributed by atoms with E-state index in [9.17, 15) is 9.90 Å². The first kappa shape index (κ1) is 15.8. The van der Waals surface area contributed by atoms with Crippen LogP contribution in [0.15, 0.2) is 24.3 Å². The number of hydrogen-bond donors (Lipinski definition) is 1. The van der Waals surface area contributed by atoms with Gasteiger partial charge in [0.05, 0.1) is 6.04 Å². The second-order valence-corrected chi connectivity index (χ2v) is 9.92. The molecule has 3 unspecified atom stereocenters. The van der Waals surface area contributed by atoms with Crippen molar-refractivity contribution in [2.45, 2.75) is 62.4 Å². The molecule has 6 rings (SSSR count). The van der Waals surface area contributed by atoms with Crippen LogP contribution in [0.25, 0.3) is 0 Å². The minimum atomic E-state index is -0.619. The Morgan fingerprint density at radius 3 is 2.36 bits per heavy atom. The number of hydrogen-bond acceptors (Lipinski definition) is 3. The third-order valence-electron chi connectivity index (χ3n) is 7.02. The Morgan fingerprint density at radius 1 is 1.12 bits per heavy atom. The zero-order chi connectivity index (χ0) is 17.6. The van der Waals surface area contributed by atoms with Crippen LogP contribution in [-0.2, 0) is 4.79 Å². The van der Waals surface area contributed by atoms with Gasteiger partial charge in [0.1, 0.15) is 17.0 Å². The molecule has 1 aliphatic heterocycles. The highest BCUT2D eigenvalue weighted by molar-refractivity contribution is 6.24. The van der Waals surface area contributed by atoms with Gasteiger partial charge in [-0.05, 0) is 75.8 Å². The maximum absolute atomic E-state index is 13.1. The molecule has 5 atom stereocenters. The van der Waals surface area contributed by atoms with E-state index >= 15 is 0 Å². The van der Waals surface area contributed by atoms with Gasteiger partial charge in [0.15, 0.2) is 0 Å². The predicted octanol–water partition coefficient (Wildman–Crippen LogP) is 3.92. The summed E-state index contributed by atoms with van der Waals surface area (Å²) in [5.41, 5.74) is 0.105. The Hall–Kier alpha value is -1.42. The summed E-state index contributed by atoms with van der Waals surface area (Å²) in [5, 5.41) is 14.4. The topological polar surface area (TPSA) is 43.8 Å². The number of amides is 1. The van der Waals surface area contributed by atoms with Crippen LogP contribution in [0, 0.1) is 17.8 Å². The number of benzene rings is 1. The predicted molar refractivity (Wildman–Crippen MR) is 97.4 cm³/mol. The summed E-state index contributed by atoms with van der Waals surface area (Å²) in [6.45, 7) is 3.88. The van der Waals surface area contributed by atoms with Crippen LogP contribution in [0.2, 0.25) is 0 Å². The number of para-hydroxylation sites is 2. The molecule has 0 aromatic heterocycles. The smallest absolute Gasteiger partial charge is 0.268 e. The SMILES string of the molecule is CC1(C)C(=O)N(C2[C@@H]3CC4C[C@H]2CC(Cl)(C4)C3)N1c1ccccc1O. The molecule has 5 heteroatoms. The Labute approximate surface area is 153 Å². The molecule has 0 radical (unpaired) electrons. The molecule has 1 N–H and O–H groups in total. The molecule has 25 heavy (non-hydrogen) atoms. The van der Waals surface area contributed by atoms with Crippen molar-refractivity contribution >= 4 is 23.2 Å². The van der Waals surface area contributed by atoms with E-state index in [1.54, 1.807) is 6.07 Å². The molecule has 4 bridgehead atoms. The van der Waals surface area contributed by atoms with Crippen molar-refractivity contribution in [1.82, 2.24) is 5.01 Å². The van der Waals surface area contributed by atoms with E-state index in [0.29, 0.717) is 11.8 Å². The standard InChI is InChI=1S/C20H25ClN2O2/c1-19(2)18(25)22(23(19)15-5-3-4-6-16(15)24)17-13-7-12-8-14(17)11-20(21,9-12)10-13/h3-6,12-14,17,24H,7-11H2,1-2H3/t12?,13-,14+,17?,20?. The lowest BCUT2D eigenvalue weighted by atomic mass is 9.53. The molecule has 0 spiro atoms. The van der Waals surface area contributed by atoms with Crippen molar-refractivity contribution in [3.05, 3.63) is 24.3 Å². The number of phenolic OH excluding ortho intramolecular Hbond substituents is 1. The first-order valence-electron chi connectivity index (χ1n) is 9.41. The molecule has 1 aromatic carbocycles. The van der Waals surface area contributed by atoms with E-state index in [0.717, 1.165) is 30.9 Å². The van der Waals surface area contributed by atoms with Crippen molar-refractivity contribution in [2.75, 3.05) is 5.01 Å². The number of aromatic hydroxyl groups is 1. The van der Waals surface area contributed by atoms with E-state index in [1.165, 1.54) is 12.8 Å². The number of carbonyl (C=O) groups is 1. The van der Waals surface area contributed by atoms with Crippen molar-refractivity contribution < 1.29 is 9.90 Å². The van der Waals surface area contributed by atoms with Crippen LogP contribution in [0.4, 0.5) is 5.69 Å². The zero-order valence-electron chi connectivity index (χ0n) is 14.8. The second kappa shape index (κ2) is 4.85. The number of nitrogens with zero attached hydrogens (tertiary/aromatic N) is 2. The lowest BCUT2D eigenvalue weighted by molar-refractivity contribution is -0.169. The Morgan fingerprint density at radius 2 is 1.76 bits per heavy atom. The van der Waals surface area contributed by atoms with Crippen LogP contribution >= 0.6 is 11.6 Å². The molecular weight excluding hydrogens is 336 g/mol. The molecule has 5 aliphatic rings. The van der Waals surface area contributed by atoms with E-state index in [1.807, 2.05) is 42.1 Å². The largest absolute Gasteiger partial charge is 0.506 e. The molecular formula is C20H25ClN2O2. The Kier molecular flexibility index (Phi) is 3.06. The average Bonchev–Trinajstić information content (AvgIpc) is 2.53. The molecule has 134 valence electrons. The maximum atomic E-state index is 13.1. The maximum Gasteiger partial charge on any atom is 0.268 e. The summed E-state index contributed by atoms with van der Waals surface area (Å²) in [6.07, 6.45) is 5.57. The molecule has 5 fully saturated rings. The Balaban J connectivity index is 1.53. The fourth-order valence-corrected chi connectivity index (χ4v) is 6.93. The first-order chi connectivity index (χ1) is 11.8. The highest BCUT2D eigenvalue weighted by Crippen LogP contribution is 2.61. The van der Waals surface area contributed by atoms with E-state index in [-0.39, 0.29) is 22.6 Å². The van der Waals surface area contributed by atoms with Crippen LogP contribution in [-0.4, -0.2) is 32.5 Å². The molecule has 1 amide bonds. The summed E-state index contributed by atoms with van der Waals surface area (Å²) < 4.78 is 0. The minimum absolute atomic E-state index is 0.0316. The number of hydrazine groups is 1. The Bertz CT molecular complexity index is 733. The summed E-state index contributed by atoms with van der Waals surface area (Å²) >= 11 is 6.88. The number of alkyl halides is 1. The number of rotatable bonds is 2. The second-order valence-electron chi connectivity index (χ2n) is 9.12. The van der Waals surface area contributed by atoms with Gasteiger partial charge in [0.2, 0.25) is 0 Å². The van der Waals surface area contributed by atoms with Crippen LogP contribution in [0.5, 0.6) is 5.75 Å². The molecule has 1 aromatic rings. The van der Waals surface area contributed by atoms with E-state index in [2.05, 4.69) is 0 Å². The highest BCUT2D eigenvalue weighted by atomic mass is 35.5. The van der Waals surface area contributed by atoms with Gasteiger partial charge in [-0.25, -0.2) is 5.01 Å². The number of anilines is 1. The third-order valence-corrected chi connectivity index (χ3v) is 7.48. The molecule has 1 saturated heterocycles. The van der Waals surface area contributed by atoms with Gasteiger partial charge < -0.3 is 5.11 Å². The molecule has 4 nitrogen and oxygen atoms in total. The van der Waals surface area contributed by atoms with Crippen LogP contribution in [0.1, 0.15) is 46.0 Å². The van der Waals surface area contributed by atoms with Gasteiger partial charge in [-0.3, -0.25) is 9.80 Å². The monoisotopic (exact) mass is 360 g/mol. The van der Waals surface area contributed by atoms with E-state index < -0.39 is 5.54 Å². The quantitative estimate of drug-likeness (QED) is 0.813. The fourth-order valence-electron chi connectivity index (χ4n) is 6.31. The van der Waals surface area contributed by atoms with Gasteiger partial charge in [-0.15, -0.1) is 11.6 Å². The number of phenols is 1. The highest BCUT2D eigenvalue weighted by Gasteiger charge is 2.63. The molecule has 4 aliphatic carbocycles. The summed E-state index contributed by atoms with van der Waals surface area (Å²) in [4.78, 5) is 13.0. The van der Waals surface area contributed by atoms with E-state index in [4.69, 9.17) is 11.6 Å². The first-order valence-corrected chi connectivity index (χ1v) is 9.79. The van der Waals surface area contributed by atoms with Crippen molar-refractivity contribution in [1.29, 1.82) is 0 Å². The fraction of sp³-hybridized carbons (Fsp3) is 0.650.